The summed E-state index contributed by atoms with van der Waals surface area (Å²) in [5, 5.41) is 6.70. The maximum Gasteiger partial charge on any atom is 0.191 e. The molecule has 0 spiro atoms. The van der Waals surface area contributed by atoms with E-state index in [4.69, 9.17) is 9.47 Å². The molecule has 0 amide bonds. The normalized spacial score (nSPS) is 17.1. The van der Waals surface area contributed by atoms with Gasteiger partial charge in [0.2, 0.25) is 0 Å². The van der Waals surface area contributed by atoms with Gasteiger partial charge in [0.15, 0.2) is 17.5 Å². The Hall–Kier alpha value is -1.95. The summed E-state index contributed by atoms with van der Waals surface area (Å²) < 4.78 is 11.7. The van der Waals surface area contributed by atoms with E-state index in [0.717, 1.165) is 37.0 Å². The van der Waals surface area contributed by atoms with Crippen LogP contribution in [-0.4, -0.2) is 62.3 Å². The number of nitrogens with zero attached hydrogens (tertiary/aromatic N) is 2. The predicted molar refractivity (Wildman–Crippen MR) is 107 cm³/mol. The molecule has 1 aliphatic rings. The molecular weight excluding hydrogens is 328 g/mol. The molecule has 0 aliphatic carbocycles. The Balaban J connectivity index is 1.69. The van der Waals surface area contributed by atoms with Gasteiger partial charge in [-0.25, -0.2) is 0 Å². The summed E-state index contributed by atoms with van der Waals surface area (Å²) in [6, 6.07) is 8.90. The second kappa shape index (κ2) is 10.3. The van der Waals surface area contributed by atoms with Crippen LogP contribution in [0.15, 0.2) is 29.3 Å². The van der Waals surface area contributed by atoms with Crippen LogP contribution in [0.25, 0.3) is 0 Å². The van der Waals surface area contributed by atoms with Gasteiger partial charge in [-0.15, -0.1) is 0 Å². The third-order valence-electron chi connectivity index (χ3n) is 4.50. The lowest BCUT2D eigenvalue weighted by Crippen LogP contribution is -2.46. The highest BCUT2D eigenvalue weighted by atomic mass is 16.6. The molecule has 1 aromatic carbocycles. The van der Waals surface area contributed by atoms with Crippen LogP contribution in [0.4, 0.5) is 0 Å². The fourth-order valence-corrected chi connectivity index (χ4v) is 3.18. The molecule has 1 aliphatic heterocycles. The molecule has 1 atom stereocenters. The summed E-state index contributed by atoms with van der Waals surface area (Å²) in [7, 11) is 1.79. The monoisotopic (exact) mass is 362 g/mol. The standard InChI is InChI=1S/C20H34N4O2/c1-15(2)24(16(3)4)12-8-11-22-20(21-5)23-13-17-14-25-18-9-6-7-10-19(18)26-17/h6-7,9-10,15-17H,8,11-14H2,1-5H3,(H2,21,22,23). The Labute approximate surface area is 158 Å². The molecule has 2 N–H and O–H groups in total. The van der Waals surface area contributed by atoms with Crippen LogP contribution in [0, 0.1) is 0 Å². The zero-order valence-corrected chi connectivity index (χ0v) is 16.8. The number of aliphatic imine (C=N–C) groups is 1. The van der Waals surface area contributed by atoms with Gasteiger partial charge in [0.25, 0.3) is 0 Å². The van der Waals surface area contributed by atoms with Crippen molar-refractivity contribution in [3.63, 3.8) is 0 Å². The van der Waals surface area contributed by atoms with Crippen molar-refractivity contribution in [3.8, 4) is 11.5 Å². The van der Waals surface area contributed by atoms with Crippen LogP contribution in [-0.2, 0) is 0 Å². The second-order valence-electron chi connectivity index (χ2n) is 7.16. The zero-order chi connectivity index (χ0) is 18.9. The molecule has 1 heterocycles. The van der Waals surface area contributed by atoms with Gasteiger partial charge in [-0.3, -0.25) is 9.89 Å². The lowest BCUT2D eigenvalue weighted by Gasteiger charge is -2.30. The Morgan fingerprint density at radius 3 is 2.50 bits per heavy atom. The molecule has 0 aromatic heterocycles. The molecule has 0 saturated carbocycles. The van der Waals surface area contributed by atoms with Gasteiger partial charge in [0, 0.05) is 32.2 Å². The number of guanidine groups is 1. The van der Waals surface area contributed by atoms with Gasteiger partial charge in [-0.2, -0.15) is 0 Å². The number of nitrogens with one attached hydrogen (secondary N) is 2. The Bertz CT molecular complexity index is 567. The number of fused-ring (bicyclic) bond motifs is 1. The zero-order valence-electron chi connectivity index (χ0n) is 16.8. The quantitative estimate of drug-likeness (QED) is 0.423. The van der Waals surface area contributed by atoms with Crippen LogP contribution < -0.4 is 20.1 Å². The first-order valence-corrected chi connectivity index (χ1v) is 9.60. The van der Waals surface area contributed by atoms with Gasteiger partial charge in [0.1, 0.15) is 12.7 Å². The highest BCUT2D eigenvalue weighted by molar-refractivity contribution is 5.79. The Kier molecular flexibility index (Phi) is 8.04. The number of hydrogen-bond donors (Lipinski definition) is 2. The number of ether oxygens (including phenoxy) is 2. The van der Waals surface area contributed by atoms with E-state index < -0.39 is 0 Å². The van der Waals surface area contributed by atoms with E-state index in [0.29, 0.717) is 25.2 Å². The third-order valence-corrected chi connectivity index (χ3v) is 4.50. The number of benzene rings is 1. The molecule has 26 heavy (non-hydrogen) atoms. The van der Waals surface area contributed by atoms with E-state index >= 15 is 0 Å². The smallest absolute Gasteiger partial charge is 0.191 e. The number of rotatable bonds is 8. The largest absolute Gasteiger partial charge is 0.486 e. The fourth-order valence-electron chi connectivity index (χ4n) is 3.18. The molecule has 0 saturated heterocycles. The van der Waals surface area contributed by atoms with E-state index in [1.807, 2.05) is 24.3 Å². The first-order chi connectivity index (χ1) is 12.5. The minimum atomic E-state index is -0.0270. The highest BCUT2D eigenvalue weighted by Gasteiger charge is 2.20. The van der Waals surface area contributed by atoms with E-state index in [-0.39, 0.29) is 6.10 Å². The van der Waals surface area contributed by atoms with Crippen molar-refractivity contribution in [1.82, 2.24) is 15.5 Å². The molecule has 2 rings (SSSR count). The van der Waals surface area contributed by atoms with E-state index in [1.54, 1.807) is 7.05 Å². The SMILES string of the molecule is CN=C(NCCCN(C(C)C)C(C)C)NCC1COc2ccccc2O1. The molecule has 6 heteroatoms. The summed E-state index contributed by atoms with van der Waals surface area (Å²) >= 11 is 0. The Morgan fingerprint density at radius 1 is 1.15 bits per heavy atom. The van der Waals surface area contributed by atoms with Crippen LogP contribution >= 0.6 is 0 Å². The van der Waals surface area contributed by atoms with Crippen molar-refractivity contribution in [3.05, 3.63) is 24.3 Å². The first kappa shape index (κ1) is 20.4. The third kappa shape index (κ3) is 6.09. The van der Waals surface area contributed by atoms with Crippen molar-refractivity contribution >= 4 is 5.96 Å². The van der Waals surface area contributed by atoms with Crippen molar-refractivity contribution in [2.75, 3.05) is 33.3 Å². The van der Waals surface area contributed by atoms with Gasteiger partial charge in [-0.1, -0.05) is 12.1 Å². The molecule has 0 radical (unpaired) electrons. The van der Waals surface area contributed by atoms with Gasteiger partial charge in [-0.05, 0) is 46.2 Å². The highest BCUT2D eigenvalue weighted by Crippen LogP contribution is 2.30. The van der Waals surface area contributed by atoms with Gasteiger partial charge >= 0.3 is 0 Å². The lowest BCUT2D eigenvalue weighted by atomic mass is 10.2. The van der Waals surface area contributed by atoms with Gasteiger partial charge < -0.3 is 20.1 Å². The van der Waals surface area contributed by atoms with Crippen LogP contribution in [0.5, 0.6) is 11.5 Å². The number of hydrogen-bond acceptors (Lipinski definition) is 4. The molecule has 6 nitrogen and oxygen atoms in total. The molecular formula is C20H34N4O2. The first-order valence-electron chi connectivity index (χ1n) is 9.60. The van der Waals surface area contributed by atoms with Crippen LogP contribution in [0.3, 0.4) is 0 Å². The lowest BCUT2D eigenvalue weighted by molar-refractivity contribution is 0.0936. The van der Waals surface area contributed by atoms with Crippen molar-refractivity contribution in [1.29, 1.82) is 0 Å². The maximum absolute atomic E-state index is 5.96. The summed E-state index contributed by atoms with van der Waals surface area (Å²) in [5.74, 6) is 2.41. The summed E-state index contributed by atoms with van der Waals surface area (Å²) in [6.07, 6.45) is 1.05. The van der Waals surface area contributed by atoms with Gasteiger partial charge in [0.05, 0.1) is 6.54 Å². The topological polar surface area (TPSA) is 58.1 Å². The summed E-state index contributed by atoms with van der Waals surface area (Å²) in [4.78, 5) is 6.79. The van der Waals surface area contributed by atoms with Crippen LogP contribution in [0.2, 0.25) is 0 Å². The fraction of sp³-hybridized carbons (Fsp3) is 0.650. The minimum absolute atomic E-state index is 0.0270. The van der Waals surface area contributed by atoms with E-state index in [1.165, 1.54) is 0 Å². The molecule has 0 bridgehead atoms. The molecule has 0 fully saturated rings. The molecule has 1 aromatic rings. The number of para-hydroxylation sites is 2. The average molecular weight is 363 g/mol. The average Bonchev–Trinajstić information content (AvgIpc) is 2.63. The summed E-state index contributed by atoms with van der Waals surface area (Å²) in [6.45, 7) is 12.2. The maximum atomic E-state index is 5.96. The minimum Gasteiger partial charge on any atom is -0.486 e. The van der Waals surface area contributed by atoms with Crippen LogP contribution in [0.1, 0.15) is 34.1 Å². The van der Waals surface area contributed by atoms with E-state index in [9.17, 15) is 0 Å². The predicted octanol–water partition coefficient (Wildman–Crippen LogP) is 2.50. The summed E-state index contributed by atoms with van der Waals surface area (Å²) in [5.41, 5.74) is 0. The van der Waals surface area contributed by atoms with Crippen molar-refractivity contribution in [2.24, 2.45) is 4.99 Å². The molecule has 1 unspecified atom stereocenters. The van der Waals surface area contributed by atoms with Crippen molar-refractivity contribution in [2.45, 2.75) is 52.3 Å². The second-order valence-corrected chi connectivity index (χ2v) is 7.16. The van der Waals surface area contributed by atoms with E-state index in [2.05, 4.69) is 48.2 Å². The molecule has 146 valence electrons. The van der Waals surface area contributed by atoms with Crippen molar-refractivity contribution < 1.29 is 9.47 Å². The Morgan fingerprint density at radius 2 is 1.85 bits per heavy atom.